The van der Waals surface area contributed by atoms with E-state index < -0.39 is 5.91 Å². The Morgan fingerprint density at radius 2 is 1.97 bits per heavy atom. The maximum atomic E-state index is 12.8. The largest absolute Gasteiger partial charge is 0.465 e. The van der Waals surface area contributed by atoms with Gasteiger partial charge < -0.3 is 18.8 Å². The molecule has 2 aromatic carbocycles. The molecular formula is C21H20N2O5S. The van der Waals surface area contributed by atoms with E-state index in [1.165, 1.54) is 11.3 Å². The average molecular weight is 412 g/mol. The number of hydrogen-bond donors (Lipinski definition) is 0. The van der Waals surface area contributed by atoms with Crippen LogP contribution in [-0.2, 0) is 16.1 Å². The van der Waals surface area contributed by atoms with Crippen molar-refractivity contribution >= 4 is 33.4 Å². The molecule has 150 valence electrons. The van der Waals surface area contributed by atoms with Crippen LogP contribution in [0.15, 0.2) is 35.3 Å². The Morgan fingerprint density at radius 3 is 2.76 bits per heavy atom. The number of esters is 1. The second-order valence-corrected chi connectivity index (χ2v) is 7.67. The van der Waals surface area contributed by atoms with E-state index in [1.807, 2.05) is 19.9 Å². The van der Waals surface area contributed by atoms with E-state index in [0.29, 0.717) is 28.5 Å². The Bertz CT molecular complexity index is 1190. The van der Waals surface area contributed by atoms with E-state index in [0.717, 1.165) is 21.3 Å². The molecule has 0 N–H and O–H groups in total. The van der Waals surface area contributed by atoms with Crippen LogP contribution >= 0.6 is 11.3 Å². The molecule has 0 saturated heterocycles. The number of aromatic nitrogens is 1. The molecule has 1 aliphatic heterocycles. The molecule has 0 spiro atoms. The molecular weight excluding hydrogens is 392 g/mol. The summed E-state index contributed by atoms with van der Waals surface area (Å²) in [5.41, 5.74) is 3.39. The molecule has 29 heavy (non-hydrogen) atoms. The second-order valence-electron chi connectivity index (χ2n) is 6.69. The van der Waals surface area contributed by atoms with E-state index in [2.05, 4.69) is 11.1 Å². The molecule has 7 nitrogen and oxygen atoms in total. The molecule has 4 rings (SSSR count). The van der Waals surface area contributed by atoms with Crippen molar-refractivity contribution in [3.63, 3.8) is 0 Å². The van der Waals surface area contributed by atoms with Crippen molar-refractivity contribution in [3.05, 3.63) is 51.8 Å². The fraction of sp³-hybridized carbons (Fsp3) is 0.286. The van der Waals surface area contributed by atoms with Crippen LogP contribution in [0.3, 0.4) is 0 Å². The lowest BCUT2D eigenvalue weighted by molar-refractivity contribution is -0.143. The van der Waals surface area contributed by atoms with Crippen LogP contribution in [0.4, 0.5) is 0 Å². The number of carbonyl (C=O) groups is 2. The Kier molecular flexibility index (Phi) is 5.10. The van der Waals surface area contributed by atoms with E-state index in [9.17, 15) is 9.59 Å². The number of benzene rings is 2. The molecule has 3 aromatic rings. The minimum Gasteiger partial charge on any atom is -0.465 e. The number of nitrogens with zero attached hydrogens (tertiary/aromatic N) is 2. The van der Waals surface area contributed by atoms with Gasteiger partial charge in [0, 0.05) is 5.56 Å². The van der Waals surface area contributed by atoms with Crippen LogP contribution in [0.1, 0.15) is 28.4 Å². The molecule has 0 unspecified atom stereocenters. The molecule has 0 bridgehead atoms. The third-order valence-corrected chi connectivity index (χ3v) is 5.75. The Labute approximate surface area is 171 Å². The van der Waals surface area contributed by atoms with Crippen molar-refractivity contribution in [2.75, 3.05) is 13.4 Å². The van der Waals surface area contributed by atoms with Gasteiger partial charge in [0.1, 0.15) is 6.54 Å². The molecule has 0 saturated carbocycles. The number of ether oxygens (including phenoxy) is 3. The van der Waals surface area contributed by atoms with Gasteiger partial charge in [-0.1, -0.05) is 17.4 Å². The summed E-state index contributed by atoms with van der Waals surface area (Å²) >= 11 is 1.38. The number of amides is 1. The summed E-state index contributed by atoms with van der Waals surface area (Å²) in [6, 6.07) is 9.01. The fourth-order valence-corrected chi connectivity index (χ4v) is 4.35. The standard InChI is InChI=1S/C21H20N2O5S/c1-4-26-18(24)10-23-15-8-12(2)7-13(3)19(15)29-21(23)22-20(25)14-5-6-16-17(9-14)28-11-27-16/h5-9H,4,10-11H2,1-3H3. The van der Waals surface area contributed by atoms with E-state index >= 15 is 0 Å². The van der Waals surface area contributed by atoms with E-state index in [4.69, 9.17) is 14.2 Å². The minimum absolute atomic E-state index is 0.00993. The maximum absolute atomic E-state index is 12.8. The Balaban J connectivity index is 1.82. The van der Waals surface area contributed by atoms with Gasteiger partial charge in [-0.05, 0) is 56.2 Å². The molecule has 0 aliphatic carbocycles. The highest BCUT2D eigenvalue weighted by molar-refractivity contribution is 7.16. The minimum atomic E-state index is -0.415. The van der Waals surface area contributed by atoms with E-state index in [-0.39, 0.29) is 19.3 Å². The van der Waals surface area contributed by atoms with Crippen LogP contribution in [0.2, 0.25) is 0 Å². The molecule has 0 radical (unpaired) electrons. The summed E-state index contributed by atoms with van der Waals surface area (Å²) < 4.78 is 18.5. The summed E-state index contributed by atoms with van der Waals surface area (Å²) in [5.74, 6) is 0.338. The molecule has 2 heterocycles. The summed E-state index contributed by atoms with van der Waals surface area (Å²) in [6.45, 7) is 6.18. The van der Waals surface area contributed by atoms with Crippen LogP contribution in [0.5, 0.6) is 11.5 Å². The van der Waals surface area contributed by atoms with Crippen LogP contribution in [0.25, 0.3) is 10.2 Å². The van der Waals surface area contributed by atoms with Gasteiger partial charge in [0.15, 0.2) is 16.3 Å². The van der Waals surface area contributed by atoms with Gasteiger partial charge in [-0.15, -0.1) is 0 Å². The van der Waals surface area contributed by atoms with E-state index in [1.54, 1.807) is 29.7 Å². The van der Waals surface area contributed by atoms with Crippen LogP contribution in [0, 0.1) is 13.8 Å². The molecule has 0 atom stereocenters. The van der Waals surface area contributed by atoms with Crippen molar-refractivity contribution < 1.29 is 23.8 Å². The van der Waals surface area contributed by atoms with Crippen molar-refractivity contribution in [2.24, 2.45) is 4.99 Å². The summed E-state index contributed by atoms with van der Waals surface area (Å²) in [4.78, 5) is 29.7. The number of carbonyl (C=O) groups excluding carboxylic acids is 2. The third kappa shape index (κ3) is 3.75. The molecule has 8 heteroatoms. The first-order chi connectivity index (χ1) is 14.0. The number of fused-ring (bicyclic) bond motifs is 2. The van der Waals surface area contributed by atoms with Crippen LogP contribution < -0.4 is 14.3 Å². The van der Waals surface area contributed by atoms with Crippen molar-refractivity contribution in [1.29, 1.82) is 0 Å². The van der Waals surface area contributed by atoms with Gasteiger partial charge in [-0.25, -0.2) is 0 Å². The maximum Gasteiger partial charge on any atom is 0.326 e. The first-order valence-corrected chi connectivity index (χ1v) is 10.0. The molecule has 1 aliphatic rings. The van der Waals surface area contributed by atoms with Gasteiger partial charge in [0.2, 0.25) is 6.79 Å². The quantitative estimate of drug-likeness (QED) is 0.614. The summed E-state index contributed by atoms with van der Waals surface area (Å²) in [6.07, 6.45) is 0. The molecule has 1 aromatic heterocycles. The number of thiazole rings is 1. The fourth-order valence-electron chi connectivity index (χ4n) is 3.27. The van der Waals surface area contributed by atoms with Gasteiger partial charge >= 0.3 is 5.97 Å². The third-order valence-electron chi connectivity index (χ3n) is 4.52. The summed E-state index contributed by atoms with van der Waals surface area (Å²) in [5, 5.41) is 0. The zero-order valence-corrected chi connectivity index (χ0v) is 17.2. The van der Waals surface area contributed by atoms with Crippen molar-refractivity contribution in [3.8, 4) is 11.5 Å². The van der Waals surface area contributed by atoms with Gasteiger partial charge in [0.25, 0.3) is 5.91 Å². The predicted octanol–water partition coefficient (Wildman–Crippen LogP) is 3.35. The Hall–Kier alpha value is -3.13. The van der Waals surface area contributed by atoms with Gasteiger partial charge in [-0.2, -0.15) is 4.99 Å². The monoisotopic (exact) mass is 412 g/mol. The topological polar surface area (TPSA) is 79.1 Å². The van der Waals surface area contributed by atoms with Crippen molar-refractivity contribution in [2.45, 2.75) is 27.3 Å². The highest BCUT2D eigenvalue weighted by atomic mass is 32.1. The summed E-state index contributed by atoms with van der Waals surface area (Å²) in [7, 11) is 0. The lowest BCUT2D eigenvalue weighted by Crippen LogP contribution is -2.23. The first kappa shape index (κ1) is 19.2. The zero-order valence-electron chi connectivity index (χ0n) is 16.4. The highest BCUT2D eigenvalue weighted by Crippen LogP contribution is 2.32. The SMILES string of the molecule is CCOC(=O)Cn1c(=NC(=O)c2ccc3c(c2)OCO3)sc2c(C)cc(C)cc21. The van der Waals surface area contributed by atoms with Gasteiger partial charge in [-0.3, -0.25) is 9.59 Å². The lowest BCUT2D eigenvalue weighted by atomic mass is 10.1. The number of rotatable bonds is 4. The zero-order chi connectivity index (χ0) is 20.5. The lowest BCUT2D eigenvalue weighted by Gasteiger charge is -2.06. The Morgan fingerprint density at radius 1 is 1.17 bits per heavy atom. The van der Waals surface area contributed by atoms with Crippen molar-refractivity contribution in [1.82, 2.24) is 4.57 Å². The first-order valence-electron chi connectivity index (χ1n) is 9.21. The predicted molar refractivity (Wildman–Crippen MR) is 108 cm³/mol. The van der Waals surface area contributed by atoms with Gasteiger partial charge in [0.05, 0.1) is 16.8 Å². The van der Waals surface area contributed by atoms with Crippen LogP contribution in [-0.4, -0.2) is 29.8 Å². The molecule has 0 fully saturated rings. The number of aryl methyl sites for hydroxylation is 2. The average Bonchev–Trinajstić information content (AvgIpc) is 3.27. The smallest absolute Gasteiger partial charge is 0.326 e. The normalized spacial score (nSPS) is 13.1. The number of hydrogen-bond acceptors (Lipinski definition) is 6. The second kappa shape index (κ2) is 7.71. The highest BCUT2D eigenvalue weighted by Gasteiger charge is 2.18. The molecule has 1 amide bonds.